The fourth-order valence-electron chi connectivity index (χ4n) is 1.62. The quantitative estimate of drug-likeness (QED) is 0.634. The zero-order valence-corrected chi connectivity index (χ0v) is 10.6. The minimum atomic E-state index is -0.894. The lowest BCUT2D eigenvalue weighted by molar-refractivity contribution is -0.385. The highest BCUT2D eigenvalue weighted by molar-refractivity contribution is 6.06. The first kappa shape index (κ1) is 14.6. The number of nitrogens with zero attached hydrogens (tertiary/aromatic N) is 4. The molecular weight excluding hydrogens is 296 g/mol. The van der Waals surface area contributed by atoms with Gasteiger partial charge in [0, 0.05) is 12.1 Å². The van der Waals surface area contributed by atoms with Crippen molar-refractivity contribution >= 4 is 23.0 Å². The molecule has 0 aliphatic heterocycles. The van der Waals surface area contributed by atoms with E-state index < -0.39 is 27.1 Å². The number of hydrogen-bond donors (Lipinski definition) is 2. The van der Waals surface area contributed by atoms with Gasteiger partial charge in [-0.3, -0.25) is 30.1 Å². The largest absolute Gasteiger partial charge is 0.319 e. The van der Waals surface area contributed by atoms with Gasteiger partial charge in [-0.2, -0.15) is 10.4 Å². The number of nitriles is 1. The van der Waals surface area contributed by atoms with Crippen LogP contribution in [0, 0.1) is 31.6 Å². The van der Waals surface area contributed by atoms with Crippen molar-refractivity contribution in [3.8, 4) is 6.07 Å². The van der Waals surface area contributed by atoms with Crippen LogP contribution in [0.3, 0.4) is 0 Å². The van der Waals surface area contributed by atoms with Crippen molar-refractivity contribution in [3.05, 3.63) is 55.9 Å². The second kappa shape index (κ2) is 5.67. The fraction of sp³-hybridized carbons (Fsp3) is 0. The molecule has 1 aromatic heterocycles. The van der Waals surface area contributed by atoms with Gasteiger partial charge in [0.25, 0.3) is 11.6 Å². The van der Waals surface area contributed by atoms with E-state index in [1.807, 2.05) is 0 Å². The van der Waals surface area contributed by atoms with E-state index in [4.69, 9.17) is 5.26 Å². The molecule has 11 heteroatoms. The summed E-state index contributed by atoms with van der Waals surface area (Å²) in [4.78, 5) is 31.8. The van der Waals surface area contributed by atoms with E-state index in [-0.39, 0.29) is 16.9 Å². The van der Waals surface area contributed by atoms with Crippen molar-refractivity contribution in [3.63, 3.8) is 0 Å². The third-order valence-electron chi connectivity index (χ3n) is 2.63. The summed E-state index contributed by atoms with van der Waals surface area (Å²) < 4.78 is 0. The molecule has 110 valence electrons. The Bertz CT molecular complexity index is 821. The lowest BCUT2D eigenvalue weighted by Gasteiger charge is -2.05. The molecule has 0 spiro atoms. The minimum Gasteiger partial charge on any atom is -0.319 e. The van der Waals surface area contributed by atoms with Crippen LogP contribution in [0.25, 0.3) is 0 Å². The Balaban J connectivity index is 2.33. The normalized spacial score (nSPS) is 9.77. The Labute approximate surface area is 121 Å². The van der Waals surface area contributed by atoms with Crippen LogP contribution in [0.2, 0.25) is 0 Å². The van der Waals surface area contributed by atoms with Crippen LogP contribution in [0.5, 0.6) is 0 Å². The maximum atomic E-state index is 12.0. The number of nitro benzene ring substituents is 1. The minimum absolute atomic E-state index is 0.0120. The molecule has 0 bridgehead atoms. The Morgan fingerprint density at radius 1 is 1.32 bits per heavy atom. The van der Waals surface area contributed by atoms with Crippen LogP contribution < -0.4 is 5.32 Å². The molecule has 0 unspecified atom stereocenters. The topological polar surface area (TPSA) is 168 Å². The number of anilines is 1. The highest BCUT2D eigenvalue weighted by Crippen LogP contribution is 2.23. The van der Waals surface area contributed by atoms with Gasteiger partial charge in [-0.05, 0) is 6.07 Å². The molecule has 0 aliphatic carbocycles. The van der Waals surface area contributed by atoms with Gasteiger partial charge in [0.05, 0.1) is 21.1 Å². The van der Waals surface area contributed by atoms with Gasteiger partial charge in [0.2, 0.25) is 5.69 Å². The van der Waals surface area contributed by atoms with E-state index in [1.54, 1.807) is 6.07 Å². The molecule has 0 atom stereocenters. The molecule has 0 fully saturated rings. The van der Waals surface area contributed by atoms with Crippen molar-refractivity contribution in [1.82, 2.24) is 10.2 Å². The zero-order chi connectivity index (χ0) is 16.3. The third kappa shape index (κ3) is 2.70. The van der Waals surface area contributed by atoms with Crippen molar-refractivity contribution in [2.75, 3.05) is 5.32 Å². The zero-order valence-electron chi connectivity index (χ0n) is 10.6. The summed E-state index contributed by atoms with van der Waals surface area (Å²) in [5, 5.41) is 38.2. The molecular formula is C11H6N6O5. The second-order valence-corrected chi connectivity index (χ2v) is 3.94. The molecule has 0 saturated heterocycles. The lowest BCUT2D eigenvalue weighted by Crippen LogP contribution is -2.15. The van der Waals surface area contributed by atoms with Gasteiger partial charge in [0.1, 0.15) is 12.3 Å². The van der Waals surface area contributed by atoms with Crippen LogP contribution in [0.15, 0.2) is 24.4 Å². The summed E-state index contributed by atoms with van der Waals surface area (Å²) in [6.45, 7) is 0. The van der Waals surface area contributed by atoms with E-state index in [9.17, 15) is 25.0 Å². The molecule has 1 aromatic carbocycles. The van der Waals surface area contributed by atoms with Crippen molar-refractivity contribution in [1.29, 1.82) is 5.26 Å². The predicted molar refractivity (Wildman–Crippen MR) is 71.0 cm³/mol. The number of non-ortho nitro benzene ring substituents is 1. The molecule has 0 saturated carbocycles. The molecule has 1 amide bonds. The average Bonchev–Trinajstić information content (AvgIpc) is 2.97. The molecule has 2 rings (SSSR count). The average molecular weight is 302 g/mol. The number of H-pyrrole nitrogens is 1. The van der Waals surface area contributed by atoms with Crippen LogP contribution in [-0.4, -0.2) is 26.0 Å². The Kier molecular flexibility index (Phi) is 3.76. The Morgan fingerprint density at radius 3 is 2.64 bits per heavy atom. The first-order valence-corrected chi connectivity index (χ1v) is 5.61. The van der Waals surface area contributed by atoms with E-state index >= 15 is 0 Å². The van der Waals surface area contributed by atoms with Gasteiger partial charge < -0.3 is 5.32 Å². The summed E-state index contributed by atoms with van der Waals surface area (Å²) in [6, 6.07) is 4.94. The smallest absolute Gasteiger partial charge is 0.319 e. The fourth-order valence-corrected chi connectivity index (χ4v) is 1.62. The number of nitrogens with one attached hydrogen (secondary N) is 2. The monoisotopic (exact) mass is 302 g/mol. The molecule has 2 aromatic rings. The summed E-state index contributed by atoms with van der Waals surface area (Å²) in [7, 11) is 0. The summed E-state index contributed by atoms with van der Waals surface area (Å²) >= 11 is 0. The number of rotatable bonds is 4. The van der Waals surface area contributed by atoms with Crippen molar-refractivity contribution in [2.24, 2.45) is 0 Å². The number of nitro groups is 2. The van der Waals surface area contributed by atoms with Gasteiger partial charge in [-0.25, -0.2) is 0 Å². The number of carbonyl (C=O) groups excluding carboxylic acids is 1. The first-order valence-electron chi connectivity index (χ1n) is 5.61. The van der Waals surface area contributed by atoms with E-state index in [1.165, 1.54) is 0 Å². The van der Waals surface area contributed by atoms with E-state index in [0.29, 0.717) is 0 Å². The number of benzene rings is 1. The number of aromatic amines is 1. The summed E-state index contributed by atoms with van der Waals surface area (Å²) in [6.07, 6.45) is 0.871. The van der Waals surface area contributed by atoms with Crippen molar-refractivity contribution < 1.29 is 14.6 Å². The number of aromatic nitrogens is 2. The van der Waals surface area contributed by atoms with Gasteiger partial charge >= 0.3 is 5.69 Å². The number of carbonyl (C=O) groups is 1. The van der Waals surface area contributed by atoms with Gasteiger partial charge in [-0.1, -0.05) is 0 Å². The van der Waals surface area contributed by atoms with Crippen LogP contribution in [-0.2, 0) is 0 Å². The third-order valence-corrected chi connectivity index (χ3v) is 2.63. The molecule has 11 nitrogen and oxygen atoms in total. The molecule has 0 radical (unpaired) electrons. The standard InChI is InChI=1S/C11H6N6O5/c12-4-6-3-7(16(19)20)1-2-8(6)14-11(18)10-9(17(21)22)5-13-15-10/h1-3,5H,(H,13,15)(H,14,18). The summed E-state index contributed by atoms with van der Waals surface area (Å²) in [5.74, 6) is -0.894. The predicted octanol–water partition coefficient (Wildman–Crippen LogP) is 1.35. The van der Waals surface area contributed by atoms with Gasteiger partial charge in [0.15, 0.2) is 0 Å². The summed E-state index contributed by atoms with van der Waals surface area (Å²) in [5.41, 5.74) is -1.40. The van der Waals surface area contributed by atoms with Crippen molar-refractivity contribution in [2.45, 2.75) is 0 Å². The van der Waals surface area contributed by atoms with Crippen LogP contribution in [0.4, 0.5) is 17.1 Å². The molecule has 22 heavy (non-hydrogen) atoms. The molecule has 1 heterocycles. The highest BCUT2D eigenvalue weighted by Gasteiger charge is 2.23. The second-order valence-electron chi connectivity index (χ2n) is 3.94. The number of hydrogen-bond acceptors (Lipinski definition) is 7. The SMILES string of the molecule is N#Cc1cc([N+](=O)[O-])ccc1NC(=O)c1[nH]ncc1[N+](=O)[O-]. The number of amides is 1. The maximum Gasteiger partial charge on any atom is 0.319 e. The van der Waals surface area contributed by atoms with Gasteiger partial charge in [-0.15, -0.1) is 0 Å². The van der Waals surface area contributed by atoms with E-state index in [0.717, 1.165) is 24.4 Å². The van der Waals surface area contributed by atoms with Crippen LogP contribution in [0.1, 0.15) is 16.1 Å². The Morgan fingerprint density at radius 2 is 2.05 bits per heavy atom. The van der Waals surface area contributed by atoms with E-state index in [2.05, 4.69) is 15.5 Å². The lowest BCUT2D eigenvalue weighted by atomic mass is 10.1. The molecule has 2 N–H and O–H groups in total. The highest BCUT2D eigenvalue weighted by atomic mass is 16.6. The molecule has 0 aliphatic rings. The van der Waals surface area contributed by atoms with Crippen LogP contribution >= 0.6 is 0 Å². The maximum absolute atomic E-state index is 12.0. The Hall–Kier alpha value is -3.81. The first-order chi connectivity index (χ1) is 10.4.